The van der Waals surface area contributed by atoms with Crippen molar-refractivity contribution in [1.29, 1.82) is 0 Å². The van der Waals surface area contributed by atoms with Crippen molar-refractivity contribution in [2.45, 2.75) is 26.7 Å². The predicted molar refractivity (Wildman–Crippen MR) is 77.3 cm³/mol. The van der Waals surface area contributed by atoms with Gasteiger partial charge in [-0.3, -0.25) is 4.79 Å². The van der Waals surface area contributed by atoms with Crippen molar-refractivity contribution in [2.75, 3.05) is 31.7 Å². The molecule has 1 heterocycles. The number of rotatable bonds is 7. The Morgan fingerprint density at radius 1 is 1.25 bits per heavy atom. The van der Waals surface area contributed by atoms with Crippen LogP contribution in [0.15, 0.2) is 18.2 Å². The van der Waals surface area contributed by atoms with Crippen molar-refractivity contribution in [3.63, 3.8) is 0 Å². The highest BCUT2D eigenvalue weighted by Crippen LogP contribution is 2.38. The first-order valence-electron chi connectivity index (χ1n) is 7.26. The van der Waals surface area contributed by atoms with E-state index in [9.17, 15) is 4.79 Å². The van der Waals surface area contributed by atoms with Gasteiger partial charge in [-0.05, 0) is 25.0 Å². The molecule has 0 saturated carbocycles. The summed E-state index contributed by atoms with van der Waals surface area (Å²) in [5.74, 6) is 1.34. The summed E-state index contributed by atoms with van der Waals surface area (Å²) in [5.41, 5.74) is 0.692. The number of hydrogen-bond acceptors (Lipinski definition) is 3. The zero-order valence-electron chi connectivity index (χ0n) is 12.2. The van der Waals surface area contributed by atoms with Crippen LogP contribution >= 0.6 is 0 Å². The number of fused-ring (bicyclic) bond motifs is 1. The number of benzene rings is 1. The van der Waals surface area contributed by atoms with Gasteiger partial charge in [0.05, 0.1) is 18.8 Å². The molecule has 5 nitrogen and oxygen atoms in total. The Morgan fingerprint density at radius 3 is 2.70 bits per heavy atom. The minimum atomic E-state index is 0.0193. The van der Waals surface area contributed by atoms with E-state index in [2.05, 4.69) is 19.2 Å². The van der Waals surface area contributed by atoms with Crippen LogP contribution in [-0.4, -0.2) is 32.3 Å². The van der Waals surface area contributed by atoms with Crippen molar-refractivity contribution in [3.05, 3.63) is 18.2 Å². The third kappa shape index (κ3) is 3.63. The third-order valence-electron chi connectivity index (χ3n) is 3.29. The average Bonchev–Trinajstić information content (AvgIpc) is 2.88. The van der Waals surface area contributed by atoms with Crippen LogP contribution in [0.3, 0.4) is 0 Å². The summed E-state index contributed by atoms with van der Waals surface area (Å²) >= 11 is 0. The fourth-order valence-electron chi connectivity index (χ4n) is 2.46. The van der Waals surface area contributed by atoms with Gasteiger partial charge >= 0.3 is 0 Å². The molecule has 2 rings (SSSR count). The molecule has 20 heavy (non-hydrogen) atoms. The first kappa shape index (κ1) is 14.7. The van der Waals surface area contributed by atoms with Gasteiger partial charge in [0.25, 0.3) is 5.91 Å². The lowest BCUT2D eigenvalue weighted by molar-refractivity contribution is -0.891. The first-order valence-corrected chi connectivity index (χ1v) is 7.26. The Morgan fingerprint density at radius 2 is 2.00 bits per heavy atom. The van der Waals surface area contributed by atoms with Gasteiger partial charge < -0.3 is 19.7 Å². The average molecular weight is 279 g/mol. The number of para-hydroxylation sites is 1. The normalized spacial score (nSPS) is 12.8. The molecule has 0 unspecified atom stereocenters. The number of carbonyl (C=O) groups is 1. The molecule has 0 bridgehead atoms. The molecule has 5 heteroatoms. The van der Waals surface area contributed by atoms with Gasteiger partial charge in [0, 0.05) is 0 Å². The molecule has 1 amide bonds. The van der Waals surface area contributed by atoms with Gasteiger partial charge in [-0.25, -0.2) is 0 Å². The van der Waals surface area contributed by atoms with Crippen LogP contribution in [0.25, 0.3) is 0 Å². The second-order valence-electron chi connectivity index (χ2n) is 5.01. The Balaban J connectivity index is 1.96. The van der Waals surface area contributed by atoms with Crippen LogP contribution in [0.5, 0.6) is 11.5 Å². The van der Waals surface area contributed by atoms with Crippen LogP contribution in [0, 0.1) is 0 Å². The van der Waals surface area contributed by atoms with Crippen LogP contribution in [-0.2, 0) is 4.79 Å². The summed E-state index contributed by atoms with van der Waals surface area (Å²) in [6.45, 7) is 7.03. The molecule has 1 aliphatic heterocycles. The van der Waals surface area contributed by atoms with Gasteiger partial charge in [-0.15, -0.1) is 0 Å². The van der Waals surface area contributed by atoms with Crippen molar-refractivity contribution in [3.8, 4) is 11.5 Å². The lowest BCUT2D eigenvalue weighted by Gasteiger charge is -2.17. The second-order valence-corrected chi connectivity index (χ2v) is 5.01. The van der Waals surface area contributed by atoms with E-state index in [1.807, 2.05) is 18.2 Å². The zero-order valence-corrected chi connectivity index (χ0v) is 12.2. The maximum absolute atomic E-state index is 12.1. The monoisotopic (exact) mass is 279 g/mol. The van der Waals surface area contributed by atoms with E-state index in [0.717, 1.165) is 25.9 Å². The minimum absolute atomic E-state index is 0.0193. The molecule has 1 aliphatic rings. The maximum atomic E-state index is 12.1. The molecule has 0 fully saturated rings. The Bertz CT molecular complexity index is 456. The number of anilines is 1. The molecule has 0 radical (unpaired) electrons. The zero-order chi connectivity index (χ0) is 14.4. The molecule has 2 N–H and O–H groups in total. The fourth-order valence-corrected chi connectivity index (χ4v) is 2.46. The number of nitrogens with one attached hydrogen (secondary N) is 2. The summed E-state index contributed by atoms with van der Waals surface area (Å²) in [6, 6.07) is 5.53. The number of amides is 1. The van der Waals surface area contributed by atoms with Gasteiger partial charge in [0.15, 0.2) is 18.0 Å². The molecule has 0 spiro atoms. The van der Waals surface area contributed by atoms with Crippen molar-refractivity contribution >= 4 is 11.6 Å². The Hall–Kier alpha value is -1.75. The summed E-state index contributed by atoms with van der Waals surface area (Å²) in [6.07, 6.45) is 2.17. The number of carbonyl (C=O) groups excluding carboxylic acids is 1. The van der Waals surface area contributed by atoms with Crippen molar-refractivity contribution in [2.24, 2.45) is 0 Å². The second kappa shape index (κ2) is 7.14. The largest absolute Gasteiger partial charge is 0.454 e. The quantitative estimate of drug-likeness (QED) is 0.784. The molecule has 0 saturated heterocycles. The predicted octanol–water partition coefficient (Wildman–Crippen LogP) is 1.06. The standard InChI is InChI=1S/C15H22N2O3/c1-3-8-17(9-4-2)10-14(18)16-12-6-5-7-13-15(12)20-11-19-13/h5-7H,3-4,8-11H2,1-2H3,(H,16,18)/p+1. The van der Waals surface area contributed by atoms with Crippen molar-refractivity contribution in [1.82, 2.24) is 0 Å². The number of quaternary nitrogens is 1. The van der Waals surface area contributed by atoms with Gasteiger partial charge in [0.2, 0.25) is 6.79 Å². The molecule has 0 aromatic heterocycles. The molecular weight excluding hydrogens is 256 g/mol. The van der Waals surface area contributed by atoms with E-state index in [1.54, 1.807) is 0 Å². The van der Waals surface area contributed by atoms with Crippen LogP contribution in [0.2, 0.25) is 0 Å². The fraction of sp³-hybridized carbons (Fsp3) is 0.533. The molecule has 110 valence electrons. The molecule has 0 aliphatic carbocycles. The van der Waals surface area contributed by atoms with Gasteiger partial charge in [-0.2, -0.15) is 0 Å². The smallest absolute Gasteiger partial charge is 0.279 e. The summed E-state index contributed by atoms with van der Waals surface area (Å²) in [4.78, 5) is 13.5. The van der Waals surface area contributed by atoms with E-state index < -0.39 is 0 Å². The van der Waals surface area contributed by atoms with E-state index in [1.165, 1.54) is 4.90 Å². The Labute approximate surface area is 119 Å². The van der Waals surface area contributed by atoms with Crippen molar-refractivity contribution < 1.29 is 19.2 Å². The van der Waals surface area contributed by atoms with Crippen LogP contribution < -0.4 is 19.7 Å². The van der Waals surface area contributed by atoms with Gasteiger partial charge in [-0.1, -0.05) is 19.9 Å². The topological polar surface area (TPSA) is 52.0 Å². The molecular formula is C15H23N2O3+. The molecule has 1 aromatic rings. The lowest BCUT2D eigenvalue weighted by atomic mass is 10.2. The summed E-state index contributed by atoms with van der Waals surface area (Å²) in [7, 11) is 0. The van der Waals surface area contributed by atoms with E-state index in [-0.39, 0.29) is 12.7 Å². The van der Waals surface area contributed by atoms with E-state index >= 15 is 0 Å². The highest BCUT2D eigenvalue weighted by molar-refractivity contribution is 5.93. The Kier molecular flexibility index (Phi) is 5.24. The van der Waals surface area contributed by atoms with Crippen LogP contribution in [0.4, 0.5) is 5.69 Å². The molecule has 0 atom stereocenters. The third-order valence-corrected chi connectivity index (χ3v) is 3.29. The maximum Gasteiger partial charge on any atom is 0.279 e. The molecule has 1 aromatic carbocycles. The highest BCUT2D eigenvalue weighted by Gasteiger charge is 2.20. The van der Waals surface area contributed by atoms with E-state index in [4.69, 9.17) is 9.47 Å². The van der Waals surface area contributed by atoms with Crippen LogP contribution in [0.1, 0.15) is 26.7 Å². The number of hydrogen-bond donors (Lipinski definition) is 2. The summed E-state index contributed by atoms with van der Waals surface area (Å²) in [5, 5.41) is 2.92. The SMILES string of the molecule is CCC[NH+](CCC)CC(=O)Nc1cccc2c1OCO2. The first-order chi connectivity index (χ1) is 9.74. The lowest BCUT2D eigenvalue weighted by Crippen LogP contribution is -3.13. The van der Waals surface area contributed by atoms with E-state index in [0.29, 0.717) is 23.7 Å². The highest BCUT2D eigenvalue weighted by atomic mass is 16.7. The summed E-state index contributed by atoms with van der Waals surface area (Å²) < 4.78 is 10.7. The number of ether oxygens (including phenoxy) is 2. The van der Waals surface area contributed by atoms with Gasteiger partial charge in [0.1, 0.15) is 0 Å². The minimum Gasteiger partial charge on any atom is -0.454 e.